The molecule has 2 aliphatic heterocycles. The van der Waals surface area contributed by atoms with E-state index in [0.29, 0.717) is 5.41 Å². The van der Waals surface area contributed by atoms with E-state index in [4.69, 9.17) is 14.5 Å². The Morgan fingerprint density at radius 1 is 1.22 bits per heavy atom. The van der Waals surface area contributed by atoms with E-state index in [2.05, 4.69) is 37.9 Å². The lowest BCUT2D eigenvalue weighted by Crippen LogP contribution is -2.53. The van der Waals surface area contributed by atoms with Gasteiger partial charge in [-0.05, 0) is 31.6 Å². The minimum atomic E-state index is 0. The Kier molecular flexibility index (Phi) is 9.15. The van der Waals surface area contributed by atoms with E-state index in [-0.39, 0.29) is 36.2 Å². The zero-order valence-corrected chi connectivity index (χ0v) is 17.5. The number of nitrogens with one attached hydrogen (secondary N) is 1. The van der Waals surface area contributed by atoms with Gasteiger partial charge in [0.15, 0.2) is 5.96 Å². The van der Waals surface area contributed by atoms with Crippen LogP contribution < -0.4 is 5.32 Å². The molecule has 2 aliphatic rings. The van der Waals surface area contributed by atoms with Crippen molar-refractivity contribution in [3.8, 4) is 0 Å². The van der Waals surface area contributed by atoms with Gasteiger partial charge in [-0.25, -0.2) is 0 Å². The SMILES string of the molecule is CCNC(=NCCC(C)(C)C)N1CCOC(C2CCCO2)C1.I. The maximum absolute atomic E-state index is 5.93. The molecule has 0 radical (unpaired) electrons. The molecule has 0 saturated carbocycles. The molecule has 2 heterocycles. The molecule has 2 saturated heterocycles. The standard InChI is InChI=1S/C17H33N3O2.HI/c1-5-18-16(19-9-8-17(2,3)4)20-10-12-22-15(13-20)14-7-6-11-21-14;/h14-15H,5-13H2,1-4H3,(H,18,19);1H. The number of rotatable bonds is 4. The summed E-state index contributed by atoms with van der Waals surface area (Å²) in [7, 11) is 0. The molecule has 136 valence electrons. The third-order valence-corrected chi connectivity index (χ3v) is 4.23. The summed E-state index contributed by atoms with van der Waals surface area (Å²) in [6.45, 7) is 14.1. The monoisotopic (exact) mass is 439 g/mol. The van der Waals surface area contributed by atoms with Crippen LogP contribution in [0.25, 0.3) is 0 Å². The van der Waals surface area contributed by atoms with Crippen LogP contribution in [0.3, 0.4) is 0 Å². The fourth-order valence-corrected chi connectivity index (χ4v) is 2.91. The Morgan fingerprint density at radius 2 is 1.96 bits per heavy atom. The van der Waals surface area contributed by atoms with Gasteiger partial charge in [0.25, 0.3) is 0 Å². The maximum atomic E-state index is 5.93. The minimum Gasteiger partial charge on any atom is -0.375 e. The molecule has 0 amide bonds. The highest BCUT2D eigenvalue weighted by Gasteiger charge is 2.32. The van der Waals surface area contributed by atoms with Crippen LogP contribution in [0.5, 0.6) is 0 Å². The summed E-state index contributed by atoms with van der Waals surface area (Å²) in [6.07, 6.45) is 3.82. The molecule has 0 aromatic rings. The lowest BCUT2D eigenvalue weighted by Gasteiger charge is -2.37. The Morgan fingerprint density at radius 3 is 2.57 bits per heavy atom. The molecule has 2 atom stereocenters. The van der Waals surface area contributed by atoms with E-state index >= 15 is 0 Å². The number of ether oxygens (including phenoxy) is 2. The number of guanidine groups is 1. The van der Waals surface area contributed by atoms with Crippen molar-refractivity contribution >= 4 is 29.9 Å². The zero-order valence-electron chi connectivity index (χ0n) is 15.1. The number of hydrogen-bond donors (Lipinski definition) is 1. The third-order valence-electron chi connectivity index (χ3n) is 4.23. The van der Waals surface area contributed by atoms with Crippen molar-refractivity contribution in [2.45, 2.75) is 59.2 Å². The smallest absolute Gasteiger partial charge is 0.194 e. The van der Waals surface area contributed by atoms with Crippen LogP contribution in [0.2, 0.25) is 0 Å². The lowest BCUT2D eigenvalue weighted by atomic mass is 9.92. The third kappa shape index (κ3) is 7.13. The predicted octanol–water partition coefficient (Wildman–Crippen LogP) is 2.89. The highest BCUT2D eigenvalue weighted by atomic mass is 127. The second-order valence-electron chi connectivity index (χ2n) is 7.45. The summed E-state index contributed by atoms with van der Waals surface area (Å²) in [5, 5.41) is 3.43. The average Bonchev–Trinajstić information content (AvgIpc) is 2.99. The first-order valence-corrected chi connectivity index (χ1v) is 8.76. The number of morpholine rings is 1. The van der Waals surface area contributed by atoms with Gasteiger partial charge in [0.2, 0.25) is 0 Å². The van der Waals surface area contributed by atoms with Gasteiger partial charge in [-0.1, -0.05) is 20.8 Å². The first-order valence-electron chi connectivity index (χ1n) is 8.76. The molecule has 2 rings (SSSR count). The van der Waals surface area contributed by atoms with E-state index in [1.165, 1.54) is 0 Å². The molecule has 5 nitrogen and oxygen atoms in total. The quantitative estimate of drug-likeness (QED) is 0.416. The second-order valence-corrected chi connectivity index (χ2v) is 7.45. The zero-order chi connectivity index (χ0) is 16.0. The summed E-state index contributed by atoms with van der Waals surface area (Å²) < 4.78 is 11.7. The predicted molar refractivity (Wildman–Crippen MR) is 106 cm³/mol. The molecule has 0 aromatic carbocycles. The first kappa shape index (κ1) is 21.0. The van der Waals surface area contributed by atoms with Gasteiger partial charge < -0.3 is 19.7 Å². The molecule has 2 fully saturated rings. The Balaban J connectivity index is 0.00000264. The van der Waals surface area contributed by atoms with Crippen molar-refractivity contribution in [2.75, 3.05) is 39.4 Å². The van der Waals surface area contributed by atoms with Crippen LogP contribution >= 0.6 is 24.0 Å². The van der Waals surface area contributed by atoms with E-state index in [9.17, 15) is 0 Å². The summed E-state index contributed by atoms with van der Waals surface area (Å²) in [5.41, 5.74) is 0.325. The van der Waals surface area contributed by atoms with Gasteiger partial charge in [-0.15, -0.1) is 24.0 Å². The van der Waals surface area contributed by atoms with Gasteiger partial charge in [0.05, 0.1) is 12.7 Å². The van der Waals surface area contributed by atoms with Crippen LogP contribution in [0.1, 0.15) is 47.0 Å². The highest BCUT2D eigenvalue weighted by molar-refractivity contribution is 14.0. The molecule has 23 heavy (non-hydrogen) atoms. The summed E-state index contributed by atoms with van der Waals surface area (Å²) in [5.74, 6) is 1.03. The van der Waals surface area contributed by atoms with Crippen molar-refractivity contribution in [1.29, 1.82) is 0 Å². The topological polar surface area (TPSA) is 46.1 Å². The van der Waals surface area contributed by atoms with Crippen LogP contribution in [0.4, 0.5) is 0 Å². The summed E-state index contributed by atoms with van der Waals surface area (Å²) in [4.78, 5) is 7.15. The molecule has 2 unspecified atom stereocenters. The van der Waals surface area contributed by atoms with Crippen molar-refractivity contribution in [3.63, 3.8) is 0 Å². The van der Waals surface area contributed by atoms with Crippen LogP contribution in [0, 0.1) is 5.41 Å². The molecule has 0 spiro atoms. The summed E-state index contributed by atoms with van der Waals surface area (Å²) in [6, 6.07) is 0. The fourth-order valence-electron chi connectivity index (χ4n) is 2.91. The van der Waals surface area contributed by atoms with Gasteiger partial charge in [0.1, 0.15) is 6.10 Å². The second kappa shape index (κ2) is 10.0. The van der Waals surface area contributed by atoms with Crippen LogP contribution in [-0.2, 0) is 9.47 Å². The van der Waals surface area contributed by atoms with Gasteiger partial charge >= 0.3 is 0 Å². The molecule has 6 heteroatoms. The molecule has 0 aliphatic carbocycles. The average molecular weight is 439 g/mol. The van der Waals surface area contributed by atoms with Crippen LogP contribution in [-0.4, -0.2) is 62.5 Å². The molecule has 1 N–H and O–H groups in total. The van der Waals surface area contributed by atoms with Crippen molar-refractivity contribution in [2.24, 2.45) is 10.4 Å². The fraction of sp³-hybridized carbons (Fsp3) is 0.941. The van der Waals surface area contributed by atoms with Crippen molar-refractivity contribution < 1.29 is 9.47 Å². The Hall–Kier alpha value is -0.0800. The van der Waals surface area contributed by atoms with Gasteiger partial charge in [-0.3, -0.25) is 4.99 Å². The molecule has 0 aromatic heterocycles. The van der Waals surface area contributed by atoms with Gasteiger partial charge in [-0.2, -0.15) is 0 Å². The molecule has 0 bridgehead atoms. The minimum absolute atomic E-state index is 0. The Bertz CT molecular complexity index is 365. The summed E-state index contributed by atoms with van der Waals surface area (Å²) >= 11 is 0. The number of aliphatic imine (C=N–C) groups is 1. The number of halogens is 1. The Labute approximate surface area is 158 Å². The molecular weight excluding hydrogens is 405 g/mol. The normalized spacial score (nSPS) is 26.1. The molecular formula is C17H34IN3O2. The van der Waals surface area contributed by atoms with Crippen molar-refractivity contribution in [3.05, 3.63) is 0 Å². The first-order chi connectivity index (χ1) is 10.5. The highest BCUT2D eigenvalue weighted by Crippen LogP contribution is 2.21. The van der Waals surface area contributed by atoms with Gasteiger partial charge in [0, 0.05) is 32.8 Å². The van der Waals surface area contributed by atoms with Crippen LogP contribution in [0.15, 0.2) is 4.99 Å². The van der Waals surface area contributed by atoms with E-state index in [0.717, 1.165) is 64.6 Å². The number of nitrogens with zero attached hydrogens (tertiary/aromatic N) is 2. The maximum Gasteiger partial charge on any atom is 0.194 e. The van der Waals surface area contributed by atoms with E-state index < -0.39 is 0 Å². The number of hydrogen-bond acceptors (Lipinski definition) is 3. The largest absolute Gasteiger partial charge is 0.375 e. The lowest BCUT2D eigenvalue weighted by molar-refractivity contribution is -0.0817. The van der Waals surface area contributed by atoms with E-state index in [1.807, 2.05) is 0 Å². The van der Waals surface area contributed by atoms with E-state index in [1.54, 1.807) is 0 Å². The van der Waals surface area contributed by atoms with Crippen molar-refractivity contribution in [1.82, 2.24) is 10.2 Å².